The molecule has 0 bridgehead atoms. The summed E-state index contributed by atoms with van der Waals surface area (Å²) >= 11 is 0. The minimum absolute atomic E-state index is 0.154. The number of aliphatic hydroxyl groups excluding tert-OH is 1. The molecule has 2 unspecified atom stereocenters. The van der Waals surface area contributed by atoms with E-state index in [4.69, 9.17) is 9.84 Å². The van der Waals surface area contributed by atoms with E-state index in [-0.39, 0.29) is 23.9 Å². The van der Waals surface area contributed by atoms with Crippen molar-refractivity contribution in [3.8, 4) is 0 Å². The molecule has 0 saturated carbocycles. The number of hydrogen-bond donors (Lipinski definition) is 2. The van der Waals surface area contributed by atoms with E-state index >= 15 is 0 Å². The lowest BCUT2D eigenvalue weighted by molar-refractivity contribution is -0.117. The number of nitrogens with one attached hydrogen (secondary N) is 1. The molecule has 5 heteroatoms. The first kappa shape index (κ1) is 6.36. The Balaban J connectivity index is 2.24. The number of hydrogen-bond acceptors (Lipinski definition) is 4. The van der Waals surface area contributed by atoms with Gasteiger partial charge in [0.2, 0.25) is 0 Å². The lowest BCUT2D eigenvalue weighted by atomic mass is 10.3. The molecule has 0 spiro atoms. The standard InChI is InChI=1S/C6H6N2O3/c9-2-3-1-7-5-6(11-5)8-4(3)10/h1-2,5-6,9H,(H,8,10). The van der Waals surface area contributed by atoms with Gasteiger partial charge in [-0.15, -0.1) is 0 Å². The molecule has 0 aromatic rings. The van der Waals surface area contributed by atoms with Crippen LogP contribution in [0.2, 0.25) is 0 Å². The molecule has 1 amide bonds. The Bertz CT molecular complexity index is 259. The van der Waals surface area contributed by atoms with Crippen LogP contribution in [0.4, 0.5) is 0 Å². The van der Waals surface area contributed by atoms with Gasteiger partial charge in [-0.1, -0.05) is 0 Å². The number of carbonyl (C=O) groups excluding carboxylic acids is 1. The van der Waals surface area contributed by atoms with Gasteiger partial charge in [0.1, 0.15) is 0 Å². The normalized spacial score (nSPS) is 37.8. The predicted molar refractivity (Wildman–Crippen MR) is 36.0 cm³/mol. The van der Waals surface area contributed by atoms with Gasteiger partial charge in [0.15, 0.2) is 12.5 Å². The topological polar surface area (TPSA) is 74.2 Å². The molecule has 11 heavy (non-hydrogen) atoms. The molecule has 58 valence electrons. The van der Waals surface area contributed by atoms with Gasteiger partial charge < -0.3 is 15.2 Å². The van der Waals surface area contributed by atoms with Crippen LogP contribution in [-0.2, 0) is 9.53 Å². The number of aliphatic hydroxyl groups is 1. The first-order valence-corrected chi connectivity index (χ1v) is 3.15. The van der Waals surface area contributed by atoms with Gasteiger partial charge >= 0.3 is 0 Å². The molecule has 2 aliphatic heterocycles. The molecule has 0 aromatic heterocycles. The second-order valence-corrected chi connectivity index (χ2v) is 2.28. The Labute approximate surface area is 62.4 Å². The van der Waals surface area contributed by atoms with E-state index in [0.29, 0.717) is 0 Å². The van der Waals surface area contributed by atoms with Crippen molar-refractivity contribution >= 4 is 12.1 Å². The Morgan fingerprint density at radius 1 is 1.82 bits per heavy atom. The van der Waals surface area contributed by atoms with Crippen LogP contribution in [0.3, 0.4) is 0 Å². The molecule has 0 aliphatic carbocycles. The van der Waals surface area contributed by atoms with E-state index in [1.807, 2.05) is 0 Å². The number of epoxide rings is 1. The van der Waals surface area contributed by atoms with E-state index in [0.717, 1.165) is 6.26 Å². The van der Waals surface area contributed by atoms with E-state index < -0.39 is 0 Å². The number of aliphatic imine (C=N–C) groups is 1. The zero-order chi connectivity index (χ0) is 7.84. The third kappa shape index (κ3) is 0.988. The number of ether oxygens (including phenoxy) is 1. The van der Waals surface area contributed by atoms with Crippen LogP contribution in [0.15, 0.2) is 16.8 Å². The van der Waals surface area contributed by atoms with Gasteiger partial charge in [-0.3, -0.25) is 9.79 Å². The van der Waals surface area contributed by atoms with Crippen LogP contribution in [0, 0.1) is 0 Å². The van der Waals surface area contributed by atoms with Gasteiger partial charge in [0.05, 0.1) is 11.8 Å². The Hall–Kier alpha value is -1.36. The fraction of sp³-hybridized carbons (Fsp3) is 0.333. The maximum absolute atomic E-state index is 11.0. The van der Waals surface area contributed by atoms with Crippen molar-refractivity contribution in [3.63, 3.8) is 0 Å². The molecule has 0 radical (unpaired) electrons. The molecule has 2 aliphatic rings. The van der Waals surface area contributed by atoms with Crippen molar-refractivity contribution in [1.82, 2.24) is 5.32 Å². The number of fused-ring (bicyclic) bond motifs is 1. The summed E-state index contributed by atoms with van der Waals surface area (Å²) in [5.74, 6) is -0.360. The third-order valence-electron chi connectivity index (χ3n) is 1.50. The van der Waals surface area contributed by atoms with Crippen molar-refractivity contribution < 1.29 is 14.6 Å². The smallest absolute Gasteiger partial charge is 0.258 e. The summed E-state index contributed by atoms with van der Waals surface area (Å²) < 4.78 is 4.88. The first-order valence-electron chi connectivity index (χ1n) is 3.15. The molecule has 1 fully saturated rings. The minimum Gasteiger partial charge on any atom is -0.515 e. The van der Waals surface area contributed by atoms with Crippen molar-refractivity contribution in [2.75, 3.05) is 0 Å². The molecule has 5 nitrogen and oxygen atoms in total. The molecule has 2 rings (SSSR count). The van der Waals surface area contributed by atoms with E-state index in [1.54, 1.807) is 0 Å². The van der Waals surface area contributed by atoms with E-state index in [1.165, 1.54) is 6.21 Å². The highest BCUT2D eigenvalue weighted by molar-refractivity contribution is 6.12. The van der Waals surface area contributed by atoms with Gasteiger partial charge in [0.25, 0.3) is 5.91 Å². The number of carbonyl (C=O) groups is 1. The van der Waals surface area contributed by atoms with Gasteiger partial charge in [-0.25, -0.2) is 0 Å². The van der Waals surface area contributed by atoms with Crippen LogP contribution in [-0.4, -0.2) is 29.7 Å². The highest BCUT2D eigenvalue weighted by atomic mass is 16.6. The summed E-state index contributed by atoms with van der Waals surface area (Å²) in [7, 11) is 0. The molecule has 2 atom stereocenters. The lowest BCUT2D eigenvalue weighted by Gasteiger charge is -1.96. The Kier molecular flexibility index (Phi) is 1.19. The van der Waals surface area contributed by atoms with Crippen molar-refractivity contribution in [3.05, 3.63) is 11.8 Å². The molecular formula is C6H6N2O3. The zero-order valence-corrected chi connectivity index (χ0v) is 5.52. The van der Waals surface area contributed by atoms with Crippen LogP contribution >= 0.6 is 0 Å². The van der Waals surface area contributed by atoms with E-state index in [2.05, 4.69) is 10.3 Å². The monoisotopic (exact) mass is 154 g/mol. The molecule has 0 aromatic carbocycles. The second kappa shape index (κ2) is 2.06. The number of nitrogens with zero attached hydrogens (tertiary/aromatic N) is 1. The van der Waals surface area contributed by atoms with Crippen LogP contribution < -0.4 is 5.32 Å². The fourth-order valence-corrected chi connectivity index (χ4v) is 0.840. The van der Waals surface area contributed by atoms with Crippen LogP contribution in [0.25, 0.3) is 0 Å². The molecular weight excluding hydrogens is 148 g/mol. The van der Waals surface area contributed by atoms with Crippen molar-refractivity contribution in [2.24, 2.45) is 4.99 Å². The SMILES string of the molecule is O=C1NC2OC2N=CC1=CO. The summed E-state index contributed by atoms with van der Waals surface area (Å²) in [6, 6.07) is 0. The van der Waals surface area contributed by atoms with Gasteiger partial charge in [-0.2, -0.15) is 0 Å². The minimum atomic E-state index is -0.360. The average molecular weight is 154 g/mol. The maximum atomic E-state index is 11.0. The van der Waals surface area contributed by atoms with Crippen molar-refractivity contribution in [2.45, 2.75) is 12.5 Å². The number of amides is 1. The van der Waals surface area contributed by atoms with Crippen LogP contribution in [0.5, 0.6) is 0 Å². The Morgan fingerprint density at radius 2 is 2.64 bits per heavy atom. The maximum Gasteiger partial charge on any atom is 0.258 e. The number of rotatable bonds is 0. The van der Waals surface area contributed by atoms with Crippen molar-refractivity contribution in [1.29, 1.82) is 0 Å². The van der Waals surface area contributed by atoms with Gasteiger partial charge in [0, 0.05) is 6.21 Å². The second-order valence-electron chi connectivity index (χ2n) is 2.28. The third-order valence-corrected chi connectivity index (χ3v) is 1.50. The molecule has 1 saturated heterocycles. The largest absolute Gasteiger partial charge is 0.515 e. The fourth-order valence-electron chi connectivity index (χ4n) is 0.840. The summed E-state index contributed by atoms with van der Waals surface area (Å²) in [5.41, 5.74) is 0.154. The summed E-state index contributed by atoms with van der Waals surface area (Å²) in [6.45, 7) is 0. The molecule has 2 heterocycles. The average Bonchev–Trinajstić information content (AvgIpc) is 2.67. The predicted octanol–water partition coefficient (Wildman–Crippen LogP) is -0.689. The summed E-state index contributed by atoms with van der Waals surface area (Å²) in [6.07, 6.45) is 1.48. The molecule has 2 N–H and O–H groups in total. The summed E-state index contributed by atoms with van der Waals surface area (Å²) in [4.78, 5) is 14.8. The Morgan fingerprint density at radius 3 is 3.36 bits per heavy atom. The van der Waals surface area contributed by atoms with Crippen LogP contribution in [0.1, 0.15) is 0 Å². The first-order chi connectivity index (χ1) is 5.31. The van der Waals surface area contributed by atoms with Gasteiger partial charge in [-0.05, 0) is 0 Å². The zero-order valence-electron chi connectivity index (χ0n) is 5.52. The summed E-state index contributed by atoms with van der Waals surface area (Å²) in [5, 5.41) is 11.0. The quantitative estimate of drug-likeness (QED) is 0.275. The lowest BCUT2D eigenvalue weighted by Crippen LogP contribution is -2.27. The highest BCUT2D eigenvalue weighted by Gasteiger charge is 2.41. The highest BCUT2D eigenvalue weighted by Crippen LogP contribution is 2.22. The van der Waals surface area contributed by atoms with E-state index in [9.17, 15) is 4.79 Å².